The van der Waals surface area contributed by atoms with E-state index in [-0.39, 0.29) is 18.4 Å². The maximum Gasteiger partial charge on any atom is 0.251 e. The van der Waals surface area contributed by atoms with Crippen LogP contribution in [0, 0.1) is 0 Å². The SMILES string of the molecule is CCOc1ccc(NC(=O)CN(Cc2ccc(C(=O)NC3CC3)cc2)Cc2ccco2)cc1OCC. The van der Waals surface area contributed by atoms with Gasteiger partial charge < -0.3 is 24.5 Å². The molecular weight excluding hydrogens is 458 g/mol. The van der Waals surface area contributed by atoms with Gasteiger partial charge >= 0.3 is 0 Å². The van der Waals surface area contributed by atoms with Gasteiger partial charge in [-0.1, -0.05) is 12.1 Å². The molecule has 0 bridgehead atoms. The molecule has 4 rings (SSSR count). The van der Waals surface area contributed by atoms with Gasteiger partial charge in [0.25, 0.3) is 5.91 Å². The fourth-order valence-electron chi connectivity index (χ4n) is 3.84. The number of nitrogens with one attached hydrogen (secondary N) is 2. The number of benzene rings is 2. The number of hydrogen-bond acceptors (Lipinski definition) is 6. The molecule has 2 N–H and O–H groups in total. The van der Waals surface area contributed by atoms with Crippen molar-refractivity contribution >= 4 is 17.5 Å². The van der Waals surface area contributed by atoms with E-state index in [2.05, 4.69) is 10.6 Å². The molecular formula is C28H33N3O5. The van der Waals surface area contributed by atoms with E-state index < -0.39 is 0 Å². The first-order chi connectivity index (χ1) is 17.5. The fraction of sp³-hybridized carbons (Fsp3) is 0.357. The number of furan rings is 1. The molecule has 2 amide bonds. The number of carbonyl (C=O) groups is 2. The zero-order valence-corrected chi connectivity index (χ0v) is 20.8. The molecule has 0 unspecified atom stereocenters. The van der Waals surface area contributed by atoms with Gasteiger partial charge in [0.2, 0.25) is 5.91 Å². The van der Waals surface area contributed by atoms with Gasteiger partial charge in [-0.05, 0) is 68.7 Å². The molecule has 1 fully saturated rings. The summed E-state index contributed by atoms with van der Waals surface area (Å²) >= 11 is 0. The predicted molar refractivity (Wildman–Crippen MR) is 137 cm³/mol. The van der Waals surface area contributed by atoms with Crippen molar-refractivity contribution in [3.05, 3.63) is 77.7 Å². The van der Waals surface area contributed by atoms with E-state index in [0.717, 1.165) is 24.2 Å². The Bertz CT molecular complexity index is 1140. The Morgan fingerprint density at radius 1 is 0.972 bits per heavy atom. The van der Waals surface area contributed by atoms with Crippen molar-refractivity contribution in [2.75, 3.05) is 25.1 Å². The third-order valence-corrected chi connectivity index (χ3v) is 5.69. The van der Waals surface area contributed by atoms with Gasteiger partial charge in [0.1, 0.15) is 5.76 Å². The van der Waals surface area contributed by atoms with Crippen LogP contribution in [-0.4, -0.2) is 42.5 Å². The van der Waals surface area contributed by atoms with Crippen molar-refractivity contribution in [3.63, 3.8) is 0 Å². The minimum absolute atomic E-state index is 0.0438. The van der Waals surface area contributed by atoms with E-state index in [1.165, 1.54) is 0 Å². The van der Waals surface area contributed by atoms with Crippen molar-refractivity contribution in [2.45, 2.75) is 45.8 Å². The molecule has 1 saturated carbocycles. The maximum atomic E-state index is 13.0. The normalized spacial score (nSPS) is 12.9. The summed E-state index contributed by atoms with van der Waals surface area (Å²) in [5, 5.41) is 5.95. The average molecular weight is 492 g/mol. The molecule has 1 aliphatic rings. The summed E-state index contributed by atoms with van der Waals surface area (Å²) in [5.74, 6) is 1.80. The minimum atomic E-state index is -0.159. The number of carbonyl (C=O) groups excluding carboxylic acids is 2. The second kappa shape index (κ2) is 12.3. The lowest BCUT2D eigenvalue weighted by Gasteiger charge is -2.21. The number of amides is 2. The van der Waals surface area contributed by atoms with Crippen molar-refractivity contribution in [3.8, 4) is 11.5 Å². The first-order valence-electron chi connectivity index (χ1n) is 12.4. The molecule has 0 aliphatic heterocycles. The van der Waals surface area contributed by atoms with Crippen molar-refractivity contribution < 1.29 is 23.5 Å². The average Bonchev–Trinajstić information content (AvgIpc) is 3.53. The van der Waals surface area contributed by atoms with E-state index in [4.69, 9.17) is 13.9 Å². The number of rotatable bonds is 13. The second-order valence-corrected chi connectivity index (χ2v) is 8.74. The van der Waals surface area contributed by atoms with Gasteiger partial charge in [-0.3, -0.25) is 14.5 Å². The molecule has 3 aromatic rings. The fourth-order valence-corrected chi connectivity index (χ4v) is 3.84. The largest absolute Gasteiger partial charge is 0.490 e. The van der Waals surface area contributed by atoms with Gasteiger partial charge in [0.05, 0.1) is 32.6 Å². The minimum Gasteiger partial charge on any atom is -0.490 e. The first-order valence-corrected chi connectivity index (χ1v) is 12.4. The molecule has 8 heteroatoms. The topological polar surface area (TPSA) is 93.0 Å². The zero-order valence-electron chi connectivity index (χ0n) is 20.8. The molecule has 2 aromatic carbocycles. The third kappa shape index (κ3) is 7.36. The van der Waals surface area contributed by atoms with Gasteiger partial charge in [-0.2, -0.15) is 0 Å². The van der Waals surface area contributed by atoms with E-state index in [1.54, 1.807) is 24.5 Å². The number of anilines is 1. The zero-order chi connectivity index (χ0) is 25.3. The predicted octanol–water partition coefficient (Wildman–Crippen LogP) is 4.61. The van der Waals surface area contributed by atoms with E-state index >= 15 is 0 Å². The number of nitrogens with zero attached hydrogens (tertiary/aromatic N) is 1. The van der Waals surface area contributed by atoms with Crippen molar-refractivity contribution in [1.82, 2.24) is 10.2 Å². The van der Waals surface area contributed by atoms with E-state index in [0.29, 0.717) is 55.1 Å². The molecule has 1 aliphatic carbocycles. The Kier molecular flexibility index (Phi) is 8.62. The third-order valence-electron chi connectivity index (χ3n) is 5.69. The highest BCUT2D eigenvalue weighted by Crippen LogP contribution is 2.30. The van der Waals surface area contributed by atoms with Crippen molar-refractivity contribution in [1.29, 1.82) is 0 Å². The maximum absolute atomic E-state index is 13.0. The summed E-state index contributed by atoms with van der Waals surface area (Å²) in [4.78, 5) is 27.2. The molecule has 1 aromatic heterocycles. The molecule has 0 radical (unpaired) electrons. The van der Waals surface area contributed by atoms with Gasteiger partial charge in [-0.25, -0.2) is 0 Å². The number of hydrogen-bond donors (Lipinski definition) is 2. The van der Waals surface area contributed by atoms with Crippen LogP contribution in [0.2, 0.25) is 0 Å². The van der Waals surface area contributed by atoms with Crippen LogP contribution >= 0.6 is 0 Å². The molecule has 0 atom stereocenters. The highest BCUT2D eigenvalue weighted by molar-refractivity contribution is 5.94. The van der Waals surface area contributed by atoms with Crippen LogP contribution < -0.4 is 20.1 Å². The Morgan fingerprint density at radius 3 is 2.39 bits per heavy atom. The van der Waals surface area contributed by atoms with Gasteiger partial charge in [0.15, 0.2) is 11.5 Å². The standard InChI is InChI=1S/C28H33N3O5/c1-3-34-25-14-13-23(16-26(25)35-4-2)29-27(32)19-31(18-24-6-5-15-36-24)17-20-7-9-21(10-8-20)28(33)30-22-11-12-22/h5-10,13-16,22H,3-4,11-12,17-19H2,1-2H3,(H,29,32)(H,30,33). The van der Waals surface area contributed by atoms with E-state index in [1.807, 2.05) is 55.1 Å². The lowest BCUT2D eigenvalue weighted by molar-refractivity contribution is -0.117. The Hall–Kier alpha value is -3.78. The van der Waals surface area contributed by atoms with Crippen LogP contribution in [0.4, 0.5) is 5.69 Å². The Labute approximate surface area is 211 Å². The van der Waals surface area contributed by atoms with Gasteiger partial charge in [-0.15, -0.1) is 0 Å². The van der Waals surface area contributed by atoms with Crippen LogP contribution in [0.15, 0.2) is 65.3 Å². The Balaban J connectivity index is 1.41. The van der Waals surface area contributed by atoms with Crippen molar-refractivity contribution in [2.24, 2.45) is 0 Å². The molecule has 36 heavy (non-hydrogen) atoms. The van der Waals surface area contributed by atoms with Crippen LogP contribution in [0.1, 0.15) is 48.4 Å². The van der Waals surface area contributed by atoms with Crippen LogP contribution in [0.25, 0.3) is 0 Å². The molecule has 0 saturated heterocycles. The van der Waals surface area contributed by atoms with Crippen LogP contribution in [0.5, 0.6) is 11.5 Å². The summed E-state index contributed by atoms with van der Waals surface area (Å²) in [7, 11) is 0. The summed E-state index contributed by atoms with van der Waals surface area (Å²) < 4.78 is 16.8. The molecule has 190 valence electrons. The molecule has 0 spiro atoms. The first kappa shape index (κ1) is 25.3. The lowest BCUT2D eigenvalue weighted by Crippen LogP contribution is -2.32. The van der Waals surface area contributed by atoms with Crippen LogP contribution in [0.3, 0.4) is 0 Å². The van der Waals surface area contributed by atoms with Gasteiger partial charge in [0, 0.05) is 29.9 Å². The lowest BCUT2D eigenvalue weighted by atomic mass is 10.1. The quantitative estimate of drug-likeness (QED) is 0.363. The highest BCUT2D eigenvalue weighted by atomic mass is 16.5. The molecule has 1 heterocycles. The van der Waals surface area contributed by atoms with E-state index in [9.17, 15) is 9.59 Å². The second-order valence-electron chi connectivity index (χ2n) is 8.74. The highest BCUT2D eigenvalue weighted by Gasteiger charge is 2.23. The molecule has 8 nitrogen and oxygen atoms in total. The summed E-state index contributed by atoms with van der Waals surface area (Å²) in [6.07, 6.45) is 3.73. The smallest absolute Gasteiger partial charge is 0.251 e. The monoisotopic (exact) mass is 491 g/mol. The Morgan fingerprint density at radius 2 is 1.72 bits per heavy atom. The number of ether oxygens (including phenoxy) is 2. The van der Waals surface area contributed by atoms with Crippen LogP contribution in [-0.2, 0) is 17.9 Å². The summed E-state index contributed by atoms with van der Waals surface area (Å²) in [6, 6.07) is 16.9. The summed E-state index contributed by atoms with van der Waals surface area (Å²) in [5.41, 5.74) is 2.27. The summed E-state index contributed by atoms with van der Waals surface area (Å²) in [6.45, 7) is 5.98.